The molecule has 0 spiro atoms. The molecule has 0 aromatic rings. The Morgan fingerprint density at radius 3 is 2.20 bits per heavy atom. The van der Waals surface area contributed by atoms with E-state index in [1.54, 1.807) is 0 Å². The highest BCUT2D eigenvalue weighted by atomic mass is 32.1. The van der Waals surface area contributed by atoms with Crippen molar-refractivity contribution in [3.05, 3.63) is 0 Å². The van der Waals surface area contributed by atoms with Crippen LogP contribution in [0.5, 0.6) is 0 Å². The fourth-order valence-corrected chi connectivity index (χ4v) is 0. The first-order valence-electron chi connectivity index (χ1n) is 0.836. The molecule has 0 aliphatic rings. The normalized spacial score (nSPS) is 6.80. The molecule has 0 saturated carbocycles. The molecular weight excluding hydrogens is 104 g/mol. The molecule has 0 amide bonds. The van der Waals surface area contributed by atoms with E-state index in [-0.39, 0.29) is 0 Å². The lowest BCUT2D eigenvalue weighted by Gasteiger charge is -1.79. The largest absolute Gasteiger partial charge is 0.508 e. The predicted molar refractivity (Wildman–Crippen MR) is 21.2 cm³/mol. The van der Waals surface area contributed by atoms with Gasteiger partial charge in [-0.1, -0.05) is 12.6 Å². The van der Waals surface area contributed by atoms with Crippen LogP contribution in [0.4, 0.5) is 4.79 Å². The molecule has 4 heteroatoms. The molecule has 0 bridgehead atoms. The average molecular weight is 105 g/mol. The Balaban J connectivity index is 2.85. The van der Waals surface area contributed by atoms with Crippen molar-refractivity contribution < 1.29 is 9.22 Å². The molecule has 0 aromatic heterocycles. The Labute approximate surface area is 38.5 Å². The number of hydrogen-bond donors (Lipinski definition) is 1. The van der Waals surface area contributed by atoms with Crippen molar-refractivity contribution in [2.75, 3.05) is 0 Å². The summed E-state index contributed by atoms with van der Waals surface area (Å²) in [5, 5.41) is -0.637. The van der Waals surface area contributed by atoms with Crippen molar-refractivity contribution in [3.8, 4) is 0 Å². The summed E-state index contributed by atoms with van der Waals surface area (Å²) in [7, 11) is 2.43. The quantitative estimate of drug-likeness (QED) is 0.350. The van der Waals surface area contributed by atoms with Crippen LogP contribution in [0.15, 0.2) is 0 Å². The van der Waals surface area contributed by atoms with Gasteiger partial charge in [0.2, 0.25) is 0 Å². The fourth-order valence-electron chi connectivity index (χ4n) is 0. The van der Waals surface area contributed by atoms with Crippen molar-refractivity contribution in [1.82, 2.24) is 0 Å². The first-order valence-corrected chi connectivity index (χ1v) is 1.69. The smallest absolute Gasteiger partial charge is 0.350 e. The standard InChI is InChI=1S/CHO2SSi/c2-1(4)3-5/h(H,2,4). The molecule has 0 aliphatic carbocycles. The van der Waals surface area contributed by atoms with Gasteiger partial charge in [0.1, 0.15) is 0 Å². The van der Waals surface area contributed by atoms with E-state index >= 15 is 0 Å². The van der Waals surface area contributed by atoms with Gasteiger partial charge in [-0.3, -0.25) is 0 Å². The van der Waals surface area contributed by atoms with Gasteiger partial charge in [-0.25, -0.2) is 4.79 Å². The first kappa shape index (κ1) is 5.04. The molecule has 5 heavy (non-hydrogen) atoms. The van der Waals surface area contributed by atoms with Crippen LogP contribution >= 0.6 is 12.6 Å². The van der Waals surface area contributed by atoms with Gasteiger partial charge in [0, 0.05) is 0 Å². The van der Waals surface area contributed by atoms with Crippen molar-refractivity contribution in [2.45, 2.75) is 0 Å². The van der Waals surface area contributed by atoms with Gasteiger partial charge in [-0.05, 0) is 0 Å². The van der Waals surface area contributed by atoms with Crippen LogP contribution in [0.2, 0.25) is 0 Å². The van der Waals surface area contributed by atoms with E-state index in [1.807, 2.05) is 0 Å². The third-order valence-electron chi connectivity index (χ3n) is 0.0873. The molecule has 0 aliphatic heterocycles. The molecule has 3 radical (unpaired) electrons. The van der Waals surface area contributed by atoms with Gasteiger partial charge in [0.25, 0.3) is 0 Å². The molecule has 0 saturated heterocycles. The Hall–Kier alpha value is 0.0369. The summed E-state index contributed by atoms with van der Waals surface area (Å²) >= 11 is 3.19. The molecule has 0 heterocycles. The van der Waals surface area contributed by atoms with E-state index in [1.165, 1.54) is 0 Å². The van der Waals surface area contributed by atoms with E-state index in [9.17, 15) is 4.79 Å². The van der Waals surface area contributed by atoms with Gasteiger partial charge < -0.3 is 4.43 Å². The van der Waals surface area contributed by atoms with Crippen LogP contribution in [0.25, 0.3) is 0 Å². The van der Waals surface area contributed by atoms with Gasteiger partial charge >= 0.3 is 15.8 Å². The SMILES string of the molecule is O=C(S)O[Si]. The van der Waals surface area contributed by atoms with Gasteiger partial charge in [-0.15, -0.1) is 0 Å². The maximum absolute atomic E-state index is 9.41. The van der Waals surface area contributed by atoms with E-state index in [2.05, 4.69) is 27.5 Å². The van der Waals surface area contributed by atoms with Crippen molar-refractivity contribution in [2.24, 2.45) is 0 Å². The Morgan fingerprint density at radius 1 is 2.00 bits per heavy atom. The Kier molecular flexibility index (Phi) is 2.30. The summed E-state index contributed by atoms with van der Waals surface area (Å²) in [6.07, 6.45) is 0. The summed E-state index contributed by atoms with van der Waals surface area (Å²) in [6, 6.07) is 0. The zero-order valence-electron chi connectivity index (χ0n) is 2.26. The first-order chi connectivity index (χ1) is 2.27. The monoisotopic (exact) mass is 105 g/mol. The fraction of sp³-hybridized carbons (Fsp3) is 0. The Morgan fingerprint density at radius 2 is 2.20 bits per heavy atom. The minimum Gasteiger partial charge on any atom is -0.508 e. The zero-order valence-corrected chi connectivity index (χ0v) is 4.16. The van der Waals surface area contributed by atoms with E-state index in [0.29, 0.717) is 0 Å². The molecule has 0 unspecified atom stereocenters. The maximum atomic E-state index is 9.41. The highest BCUT2D eigenvalue weighted by Crippen LogP contribution is 1.76. The number of thiol groups is 1. The van der Waals surface area contributed by atoms with Crippen LogP contribution in [0, 0.1) is 0 Å². The van der Waals surface area contributed by atoms with Gasteiger partial charge in [-0.2, -0.15) is 0 Å². The second-order valence-corrected chi connectivity index (χ2v) is 0.937. The third kappa shape index (κ3) is 4.04. The van der Waals surface area contributed by atoms with Crippen LogP contribution in [-0.2, 0) is 4.43 Å². The lowest BCUT2D eigenvalue weighted by Crippen LogP contribution is -1.83. The van der Waals surface area contributed by atoms with Crippen LogP contribution in [0.1, 0.15) is 0 Å². The highest BCUT2D eigenvalue weighted by Gasteiger charge is 1.78. The summed E-state index contributed by atoms with van der Waals surface area (Å²) in [6.45, 7) is 0. The maximum Gasteiger partial charge on any atom is 0.350 e. The number of rotatable bonds is 0. The second kappa shape index (κ2) is 2.28. The summed E-state index contributed by atoms with van der Waals surface area (Å²) < 4.78 is 3.78. The zero-order chi connectivity index (χ0) is 4.28. The molecular formula is CHO2SSi. The summed E-state index contributed by atoms with van der Waals surface area (Å²) in [5.41, 5.74) is 0. The van der Waals surface area contributed by atoms with E-state index in [0.717, 1.165) is 0 Å². The van der Waals surface area contributed by atoms with Crippen molar-refractivity contribution in [1.29, 1.82) is 0 Å². The average Bonchev–Trinajstić information content (AvgIpc) is 1.38. The van der Waals surface area contributed by atoms with Crippen molar-refractivity contribution in [3.63, 3.8) is 0 Å². The number of carbonyl (C=O) groups excluding carboxylic acids is 1. The third-order valence-corrected chi connectivity index (χ3v) is 0.536. The molecule has 0 fully saturated rings. The molecule has 0 atom stereocenters. The van der Waals surface area contributed by atoms with Crippen LogP contribution in [0.3, 0.4) is 0 Å². The topological polar surface area (TPSA) is 26.3 Å². The van der Waals surface area contributed by atoms with Gasteiger partial charge in [0.15, 0.2) is 0 Å². The molecule has 2 nitrogen and oxygen atoms in total. The summed E-state index contributed by atoms with van der Waals surface area (Å²) in [4.78, 5) is 9.41. The summed E-state index contributed by atoms with van der Waals surface area (Å²) in [5.74, 6) is 0. The number of hydrogen-bond acceptors (Lipinski definition) is 2. The molecule has 0 N–H and O–H groups in total. The van der Waals surface area contributed by atoms with Crippen LogP contribution in [-0.4, -0.2) is 15.8 Å². The molecule has 27 valence electrons. The highest BCUT2D eigenvalue weighted by molar-refractivity contribution is 7.96. The second-order valence-electron chi connectivity index (χ2n) is 0.368. The van der Waals surface area contributed by atoms with Gasteiger partial charge in [0.05, 0.1) is 0 Å². The lowest BCUT2D eigenvalue weighted by atomic mass is 11.6. The number of carbonyl (C=O) groups is 1. The minimum absolute atomic E-state index is 0.637. The molecule has 0 aromatic carbocycles. The predicted octanol–water partition coefficient (Wildman–Crippen LogP) is 0.136. The van der Waals surface area contributed by atoms with E-state index in [4.69, 9.17) is 0 Å². The minimum atomic E-state index is -0.637. The van der Waals surface area contributed by atoms with Crippen LogP contribution < -0.4 is 0 Å². The van der Waals surface area contributed by atoms with E-state index < -0.39 is 5.30 Å². The Bertz CT molecular complexity index is 44.9. The van der Waals surface area contributed by atoms with Crippen molar-refractivity contribution >= 4 is 28.4 Å². The molecule has 0 rings (SSSR count). The lowest BCUT2D eigenvalue weighted by molar-refractivity contribution is 0.231.